The Labute approximate surface area is 118 Å². The van der Waals surface area contributed by atoms with Crippen LogP contribution in [0.4, 0.5) is 0 Å². The van der Waals surface area contributed by atoms with E-state index in [1.807, 2.05) is 0 Å². The first-order valence-electron chi connectivity index (χ1n) is 6.65. The maximum Gasteiger partial charge on any atom is 0.329 e. The number of sulfone groups is 1. The number of carbonyl (C=O) groups is 2. The molecule has 7 nitrogen and oxygen atoms in total. The van der Waals surface area contributed by atoms with Gasteiger partial charge in [0.1, 0.15) is 15.4 Å². The van der Waals surface area contributed by atoms with Crippen molar-refractivity contribution < 1.29 is 23.1 Å². The molecular weight excluding hydrogens is 284 g/mol. The Morgan fingerprint density at radius 3 is 2.30 bits per heavy atom. The first-order chi connectivity index (χ1) is 9.16. The molecule has 0 aromatic heterocycles. The molecule has 0 saturated heterocycles. The van der Waals surface area contributed by atoms with Crippen LogP contribution in [0.5, 0.6) is 0 Å². The Bertz CT molecular complexity index is 468. The second-order valence-electron chi connectivity index (χ2n) is 5.46. The largest absolute Gasteiger partial charge is 0.480 e. The van der Waals surface area contributed by atoms with Gasteiger partial charge in [-0.3, -0.25) is 4.79 Å². The lowest BCUT2D eigenvalue weighted by Crippen LogP contribution is -2.59. The molecule has 4 N–H and O–H groups in total. The van der Waals surface area contributed by atoms with Crippen LogP contribution >= 0.6 is 0 Å². The van der Waals surface area contributed by atoms with E-state index in [1.165, 1.54) is 0 Å². The maximum atomic E-state index is 11.9. The Kier molecular flexibility index (Phi) is 5.52. The lowest BCUT2D eigenvalue weighted by Gasteiger charge is -2.34. The van der Waals surface area contributed by atoms with Crippen LogP contribution in [-0.2, 0) is 19.4 Å². The van der Waals surface area contributed by atoms with Gasteiger partial charge in [-0.25, -0.2) is 13.2 Å². The number of nitrogens with two attached hydrogens (primary N) is 1. The van der Waals surface area contributed by atoms with Crippen molar-refractivity contribution in [1.82, 2.24) is 5.32 Å². The molecule has 116 valence electrons. The fraction of sp³-hybridized carbons (Fsp3) is 0.833. The first kappa shape index (κ1) is 16.9. The molecule has 0 radical (unpaired) electrons. The zero-order chi connectivity index (χ0) is 15.4. The van der Waals surface area contributed by atoms with Crippen LogP contribution in [0.25, 0.3) is 0 Å². The summed E-state index contributed by atoms with van der Waals surface area (Å²) in [6, 6.07) is -1.01. The van der Waals surface area contributed by atoms with Gasteiger partial charge < -0.3 is 16.2 Å². The molecule has 0 aromatic carbocycles. The van der Waals surface area contributed by atoms with E-state index in [4.69, 9.17) is 5.73 Å². The van der Waals surface area contributed by atoms with Gasteiger partial charge in [-0.2, -0.15) is 0 Å². The topological polar surface area (TPSA) is 127 Å². The van der Waals surface area contributed by atoms with Crippen molar-refractivity contribution >= 4 is 21.7 Å². The van der Waals surface area contributed by atoms with Crippen molar-refractivity contribution in [2.75, 3.05) is 12.0 Å². The highest BCUT2D eigenvalue weighted by molar-refractivity contribution is 7.90. The molecule has 0 bridgehead atoms. The van der Waals surface area contributed by atoms with E-state index in [2.05, 4.69) is 5.32 Å². The minimum Gasteiger partial charge on any atom is -0.480 e. The highest BCUT2D eigenvalue weighted by atomic mass is 32.2. The Balaban J connectivity index is 2.64. The molecule has 1 fully saturated rings. The molecule has 1 rings (SSSR count). The summed E-state index contributed by atoms with van der Waals surface area (Å²) in [6.07, 6.45) is 4.25. The molecule has 1 atom stereocenters. The van der Waals surface area contributed by atoms with Crippen molar-refractivity contribution in [2.24, 2.45) is 5.73 Å². The molecule has 1 saturated carbocycles. The summed E-state index contributed by atoms with van der Waals surface area (Å²) in [4.78, 5) is 23.3. The lowest BCUT2D eigenvalue weighted by molar-refractivity contribution is -0.149. The molecule has 1 aliphatic carbocycles. The molecule has 0 aromatic rings. The number of hydrogen-bond acceptors (Lipinski definition) is 5. The first-order valence-corrected chi connectivity index (χ1v) is 8.71. The van der Waals surface area contributed by atoms with Crippen LogP contribution in [0.1, 0.15) is 38.5 Å². The quantitative estimate of drug-likeness (QED) is 0.616. The van der Waals surface area contributed by atoms with E-state index in [-0.39, 0.29) is 12.2 Å². The van der Waals surface area contributed by atoms with Crippen LogP contribution in [0.3, 0.4) is 0 Å². The second kappa shape index (κ2) is 6.53. The summed E-state index contributed by atoms with van der Waals surface area (Å²) in [6.45, 7) is 0. The maximum absolute atomic E-state index is 11.9. The van der Waals surface area contributed by atoms with Crippen molar-refractivity contribution in [2.45, 2.75) is 50.1 Å². The molecule has 1 unspecified atom stereocenters. The molecule has 0 spiro atoms. The van der Waals surface area contributed by atoms with E-state index in [0.717, 1.165) is 25.5 Å². The number of carbonyl (C=O) groups excluding carboxylic acids is 1. The van der Waals surface area contributed by atoms with Crippen LogP contribution in [0.2, 0.25) is 0 Å². The summed E-state index contributed by atoms with van der Waals surface area (Å²) < 4.78 is 22.1. The number of aliphatic carboxylic acids is 1. The summed E-state index contributed by atoms with van der Waals surface area (Å²) in [5.41, 5.74) is 4.38. The number of rotatable bonds is 6. The third kappa shape index (κ3) is 4.75. The summed E-state index contributed by atoms with van der Waals surface area (Å²) in [5, 5.41) is 11.8. The van der Waals surface area contributed by atoms with Crippen LogP contribution in [-0.4, -0.2) is 49.0 Å². The molecule has 1 amide bonds. The Morgan fingerprint density at radius 1 is 1.30 bits per heavy atom. The molecular formula is C12H22N2O5S. The fourth-order valence-electron chi connectivity index (χ4n) is 2.35. The van der Waals surface area contributed by atoms with Gasteiger partial charge in [0.2, 0.25) is 5.91 Å². The number of hydrogen-bond donors (Lipinski definition) is 3. The average Bonchev–Trinajstić information content (AvgIpc) is 2.35. The van der Waals surface area contributed by atoms with Crippen LogP contribution in [0.15, 0.2) is 0 Å². The standard InChI is InChI=1S/C12H22N2O5S/c1-20(18,19)8-5-9(13)10(15)14-12(11(16)17)6-3-2-4-7-12/h9H,2-8,13H2,1H3,(H,14,15)(H,16,17). The normalized spacial score (nSPS) is 20.1. The monoisotopic (exact) mass is 306 g/mol. The van der Waals surface area contributed by atoms with E-state index in [1.54, 1.807) is 0 Å². The third-order valence-electron chi connectivity index (χ3n) is 3.62. The van der Waals surface area contributed by atoms with Crippen LogP contribution in [0, 0.1) is 0 Å². The van der Waals surface area contributed by atoms with Crippen LogP contribution < -0.4 is 11.1 Å². The number of amides is 1. The predicted octanol–water partition coefficient (Wildman–Crippen LogP) is -0.348. The van der Waals surface area contributed by atoms with Gasteiger partial charge in [0.15, 0.2) is 0 Å². The predicted molar refractivity (Wildman–Crippen MR) is 73.9 cm³/mol. The van der Waals surface area contributed by atoms with Gasteiger partial charge in [-0.15, -0.1) is 0 Å². The zero-order valence-corrected chi connectivity index (χ0v) is 12.4. The van der Waals surface area contributed by atoms with Gasteiger partial charge in [0.25, 0.3) is 0 Å². The van der Waals surface area contributed by atoms with Crippen molar-refractivity contribution in [3.63, 3.8) is 0 Å². The smallest absolute Gasteiger partial charge is 0.329 e. The van der Waals surface area contributed by atoms with E-state index in [0.29, 0.717) is 12.8 Å². The highest BCUT2D eigenvalue weighted by Crippen LogP contribution is 2.28. The summed E-state index contributed by atoms with van der Waals surface area (Å²) >= 11 is 0. The molecule has 8 heteroatoms. The molecule has 1 aliphatic rings. The van der Waals surface area contributed by atoms with E-state index < -0.39 is 33.3 Å². The van der Waals surface area contributed by atoms with Gasteiger partial charge in [0, 0.05) is 6.26 Å². The third-order valence-corrected chi connectivity index (χ3v) is 4.59. The van der Waals surface area contributed by atoms with E-state index >= 15 is 0 Å². The lowest BCUT2D eigenvalue weighted by atomic mass is 9.81. The SMILES string of the molecule is CS(=O)(=O)CCC(N)C(=O)NC1(C(=O)O)CCCCC1. The minimum atomic E-state index is -3.19. The Hall–Kier alpha value is -1.15. The van der Waals surface area contributed by atoms with Crippen molar-refractivity contribution in [3.05, 3.63) is 0 Å². The van der Waals surface area contributed by atoms with Gasteiger partial charge in [0.05, 0.1) is 11.8 Å². The minimum absolute atomic E-state index is 0.0135. The summed E-state index contributed by atoms with van der Waals surface area (Å²) in [7, 11) is -3.19. The van der Waals surface area contributed by atoms with E-state index in [9.17, 15) is 23.1 Å². The van der Waals surface area contributed by atoms with Gasteiger partial charge >= 0.3 is 5.97 Å². The number of carboxylic acid groups (broad SMARTS) is 1. The van der Waals surface area contributed by atoms with Gasteiger partial charge in [-0.05, 0) is 19.3 Å². The van der Waals surface area contributed by atoms with Gasteiger partial charge in [-0.1, -0.05) is 19.3 Å². The average molecular weight is 306 g/mol. The summed E-state index contributed by atoms with van der Waals surface area (Å²) in [5.74, 6) is -1.85. The number of carboxylic acids is 1. The van der Waals surface area contributed by atoms with Crippen molar-refractivity contribution in [3.8, 4) is 0 Å². The highest BCUT2D eigenvalue weighted by Gasteiger charge is 2.41. The van der Waals surface area contributed by atoms with Crippen molar-refractivity contribution in [1.29, 1.82) is 0 Å². The molecule has 0 aliphatic heterocycles. The second-order valence-corrected chi connectivity index (χ2v) is 7.72. The fourth-order valence-corrected chi connectivity index (χ4v) is 3.03. The number of nitrogens with one attached hydrogen (secondary N) is 1. The Morgan fingerprint density at radius 2 is 1.85 bits per heavy atom. The zero-order valence-electron chi connectivity index (χ0n) is 11.6. The molecule has 20 heavy (non-hydrogen) atoms. The molecule has 0 heterocycles.